The fourth-order valence-corrected chi connectivity index (χ4v) is 7.22. The van der Waals surface area contributed by atoms with Crippen molar-refractivity contribution < 1.29 is 19.1 Å². The number of ether oxygens (including phenoxy) is 2. The van der Waals surface area contributed by atoms with Crippen LogP contribution in [0.2, 0.25) is 5.02 Å². The van der Waals surface area contributed by atoms with Gasteiger partial charge >= 0.3 is 0 Å². The van der Waals surface area contributed by atoms with E-state index in [1.165, 1.54) is 0 Å². The minimum atomic E-state index is -0.451. The molecule has 2 fully saturated rings. The Bertz CT molecular complexity index is 1580. The van der Waals surface area contributed by atoms with Crippen molar-refractivity contribution in [2.75, 3.05) is 50.8 Å². The molecule has 3 heterocycles. The number of carbonyl (C=O) groups is 2. The number of hydrogen-bond acceptors (Lipinski definition) is 8. The average molecular weight is 661 g/mol. The molecule has 1 saturated carbocycles. The monoisotopic (exact) mass is 660 g/mol. The van der Waals surface area contributed by atoms with Crippen molar-refractivity contribution in [2.24, 2.45) is 5.92 Å². The van der Waals surface area contributed by atoms with Crippen molar-refractivity contribution in [3.8, 4) is 11.5 Å². The molecule has 3 aliphatic rings. The average Bonchev–Trinajstić information content (AvgIpc) is 3.42. The van der Waals surface area contributed by atoms with Crippen LogP contribution in [0.25, 0.3) is 0 Å². The molecule has 1 aliphatic carbocycles. The summed E-state index contributed by atoms with van der Waals surface area (Å²) < 4.78 is 11.9. The number of aromatic nitrogens is 2. The van der Waals surface area contributed by atoms with Crippen molar-refractivity contribution in [1.29, 1.82) is 0 Å². The van der Waals surface area contributed by atoms with E-state index >= 15 is 0 Å². The number of likely N-dealkylation sites (N-methyl/N-ethyl adjacent to an activating group) is 1. The molecule has 250 valence electrons. The highest BCUT2D eigenvalue weighted by Crippen LogP contribution is 2.43. The number of halogens is 1. The van der Waals surface area contributed by atoms with Crippen LogP contribution in [0.3, 0.4) is 0 Å². The van der Waals surface area contributed by atoms with Crippen molar-refractivity contribution in [3.63, 3.8) is 0 Å². The first-order valence-corrected chi connectivity index (χ1v) is 17.0. The number of anilines is 2. The van der Waals surface area contributed by atoms with Crippen molar-refractivity contribution in [2.45, 2.75) is 70.6 Å². The third kappa shape index (κ3) is 7.04. The first-order chi connectivity index (χ1) is 22.6. The number of fused-ring (bicyclic) bond motifs is 1. The zero-order valence-electron chi connectivity index (χ0n) is 28.0. The van der Waals surface area contributed by atoms with Gasteiger partial charge in [0.15, 0.2) is 17.3 Å². The van der Waals surface area contributed by atoms with Crippen LogP contribution >= 0.6 is 11.6 Å². The first-order valence-electron chi connectivity index (χ1n) is 16.6. The minimum Gasteiger partial charge on any atom is -0.493 e. The fourth-order valence-electron chi connectivity index (χ4n) is 7.09. The van der Waals surface area contributed by atoms with Gasteiger partial charge in [-0.15, -0.1) is 0 Å². The van der Waals surface area contributed by atoms with Gasteiger partial charge in [0.1, 0.15) is 5.82 Å². The van der Waals surface area contributed by atoms with Crippen LogP contribution in [0.15, 0.2) is 48.8 Å². The standard InChI is InChI=1S/C36H45ClN6O4/c1-6-23(2)47-31-17-29-26(15-30(31)46-5)16-34(44)43(36(29)25-9-11-27(37)12-10-25)33-19-38-32(18-39-33)40(3)20-24-7-13-28(14-8-24)42-21-35(45)41(4)22-42/h9-12,15,17-19,23-24,28,36H,6-8,13-14,16,20-22H2,1-5H3/t23?,24?,28?,36-/m0/s1. The fraction of sp³-hybridized carbons (Fsp3) is 0.500. The Morgan fingerprint density at radius 3 is 2.38 bits per heavy atom. The van der Waals surface area contributed by atoms with E-state index in [1.54, 1.807) is 24.4 Å². The van der Waals surface area contributed by atoms with E-state index in [1.807, 2.05) is 55.3 Å². The summed E-state index contributed by atoms with van der Waals surface area (Å²) >= 11 is 6.27. The number of amides is 2. The third-order valence-electron chi connectivity index (χ3n) is 9.96. The Balaban J connectivity index is 1.21. The largest absolute Gasteiger partial charge is 0.493 e. The number of carbonyl (C=O) groups excluding carboxylic acids is 2. The number of benzene rings is 2. The molecule has 2 aromatic carbocycles. The predicted molar refractivity (Wildman–Crippen MR) is 183 cm³/mol. The van der Waals surface area contributed by atoms with Crippen LogP contribution < -0.4 is 19.3 Å². The van der Waals surface area contributed by atoms with Crippen LogP contribution in [-0.2, 0) is 16.0 Å². The molecule has 0 bridgehead atoms. The van der Waals surface area contributed by atoms with E-state index in [4.69, 9.17) is 31.0 Å². The van der Waals surface area contributed by atoms with Crippen LogP contribution in [0.1, 0.15) is 68.7 Å². The highest BCUT2D eigenvalue weighted by atomic mass is 35.5. The zero-order chi connectivity index (χ0) is 33.2. The highest BCUT2D eigenvalue weighted by molar-refractivity contribution is 6.30. The summed E-state index contributed by atoms with van der Waals surface area (Å²) in [5.74, 6) is 3.20. The van der Waals surface area contributed by atoms with Gasteiger partial charge in [0.25, 0.3) is 0 Å². The highest BCUT2D eigenvalue weighted by Gasteiger charge is 2.37. The summed E-state index contributed by atoms with van der Waals surface area (Å²) in [7, 11) is 5.55. The second-order valence-corrected chi connectivity index (χ2v) is 13.6. The maximum atomic E-state index is 13.9. The lowest BCUT2D eigenvalue weighted by molar-refractivity contribution is -0.125. The van der Waals surface area contributed by atoms with Crippen LogP contribution in [0.5, 0.6) is 11.5 Å². The van der Waals surface area contributed by atoms with E-state index in [2.05, 4.69) is 23.8 Å². The second kappa shape index (κ2) is 14.1. The molecule has 0 N–H and O–H groups in total. The molecular weight excluding hydrogens is 616 g/mol. The van der Waals surface area contributed by atoms with Crippen LogP contribution in [-0.4, -0.2) is 84.7 Å². The topological polar surface area (TPSA) is 91.3 Å². The molecule has 11 heteroatoms. The van der Waals surface area contributed by atoms with E-state index in [0.717, 1.165) is 67.8 Å². The first kappa shape index (κ1) is 33.0. The number of nitrogens with zero attached hydrogens (tertiary/aromatic N) is 6. The maximum absolute atomic E-state index is 13.9. The zero-order valence-corrected chi connectivity index (χ0v) is 28.7. The normalized spacial score (nSPS) is 22.3. The summed E-state index contributed by atoms with van der Waals surface area (Å²) in [6.07, 6.45) is 8.96. The number of rotatable bonds is 10. The molecule has 0 radical (unpaired) electrons. The van der Waals surface area contributed by atoms with Crippen LogP contribution in [0, 0.1) is 5.92 Å². The lowest BCUT2D eigenvalue weighted by atomic mass is 9.85. The second-order valence-electron chi connectivity index (χ2n) is 13.2. The van der Waals surface area contributed by atoms with Crippen molar-refractivity contribution in [1.82, 2.24) is 19.8 Å². The number of hydrogen-bond donors (Lipinski definition) is 0. The van der Waals surface area contributed by atoms with Crippen molar-refractivity contribution in [3.05, 3.63) is 70.5 Å². The molecule has 2 atom stereocenters. The molecule has 10 nitrogen and oxygen atoms in total. The summed E-state index contributed by atoms with van der Waals surface area (Å²) in [5.41, 5.74) is 2.75. The van der Waals surface area contributed by atoms with Gasteiger partial charge in [0, 0.05) is 31.7 Å². The Morgan fingerprint density at radius 2 is 1.77 bits per heavy atom. The lowest BCUT2D eigenvalue weighted by Crippen LogP contribution is -2.41. The van der Waals surface area contributed by atoms with Gasteiger partial charge in [0.05, 0.1) is 51.3 Å². The van der Waals surface area contributed by atoms with Gasteiger partial charge in [-0.2, -0.15) is 0 Å². The molecule has 6 rings (SSSR count). The van der Waals surface area contributed by atoms with E-state index in [-0.39, 0.29) is 24.3 Å². The van der Waals surface area contributed by atoms with Gasteiger partial charge in [0.2, 0.25) is 11.8 Å². The quantitative estimate of drug-likeness (QED) is 0.273. The Kier molecular flexibility index (Phi) is 9.89. The summed E-state index contributed by atoms with van der Waals surface area (Å²) in [4.78, 5) is 43.5. The molecule has 3 aromatic rings. The van der Waals surface area contributed by atoms with Gasteiger partial charge in [-0.25, -0.2) is 9.97 Å². The Labute approximate surface area is 282 Å². The minimum absolute atomic E-state index is 0.000427. The molecule has 47 heavy (non-hydrogen) atoms. The van der Waals surface area contributed by atoms with E-state index in [0.29, 0.717) is 40.8 Å². The summed E-state index contributed by atoms with van der Waals surface area (Å²) in [6.45, 7) is 6.26. The van der Waals surface area contributed by atoms with Gasteiger partial charge in [-0.3, -0.25) is 19.4 Å². The Hall–Kier alpha value is -3.89. The van der Waals surface area contributed by atoms with Gasteiger partial charge in [-0.05, 0) is 85.9 Å². The maximum Gasteiger partial charge on any atom is 0.237 e. The molecule has 2 aliphatic heterocycles. The lowest BCUT2D eigenvalue weighted by Gasteiger charge is -2.37. The van der Waals surface area contributed by atoms with E-state index in [9.17, 15) is 9.59 Å². The Morgan fingerprint density at radius 1 is 1.02 bits per heavy atom. The van der Waals surface area contributed by atoms with Crippen LogP contribution in [0.4, 0.5) is 11.6 Å². The summed E-state index contributed by atoms with van der Waals surface area (Å²) in [6, 6.07) is 11.5. The van der Waals surface area contributed by atoms with Crippen molar-refractivity contribution >= 4 is 35.1 Å². The number of methoxy groups -OCH3 is 1. The third-order valence-corrected chi connectivity index (χ3v) is 10.2. The van der Waals surface area contributed by atoms with Gasteiger partial charge < -0.3 is 19.3 Å². The SMILES string of the molecule is CCC(C)Oc1cc2c(cc1OC)CC(=O)N(c1cnc(N(C)CC3CCC(N4CC(=O)N(C)C4)CC3)cn1)[C@H]2c1ccc(Cl)cc1. The molecule has 1 aromatic heterocycles. The molecule has 2 amide bonds. The van der Waals surface area contributed by atoms with Gasteiger partial charge in [-0.1, -0.05) is 30.7 Å². The molecule has 1 unspecified atom stereocenters. The smallest absolute Gasteiger partial charge is 0.237 e. The molecule has 1 saturated heterocycles. The summed E-state index contributed by atoms with van der Waals surface area (Å²) in [5, 5.41) is 0.623. The molecule has 0 spiro atoms. The van der Waals surface area contributed by atoms with E-state index < -0.39 is 6.04 Å². The predicted octanol–water partition coefficient (Wildman–Crippen LogP) is 5.72. The molecular formula is C36H45ClN6O4.